The fourth-order valence-corrected chi connectivity index (χ4v) is 6.10. The van der Waals surface area contributed by atoms with Crippen LogP contribution in [-0.4, -0.2) is 53.8 Å². The first-order valence-corrected chi connectivity index (χ1v) is 12.6. The van der Waals surface area contributed by atoms with Gasteiger partial charge in [-0.25, -0.2) is 0 Å². The van der Waals surface area contributed by atoms with Crippen molar-refractivity contribution >= 4 is 18.5 Å². The Labute approximate surface area is 220 Å². The Morgan fingerprint density at radius 1 is 1.08 bits per heavy atom. The lowest BCUT2D eigenvalue weighted by Crippen LogP contribution is -2.52. The van der Waals surface area contributed by atoms with Crippen LogP contribution in [0.1, 0.15) is 22.6 Å². The number of aliphatic hydroxyl groups excluding tert-OH is 1. The molecule has 1 fully saturated rings. The minimum Gasteiger partial charge on any atom is -0.508 e. The van der Waals surface area contributed by atoms with Gasteiger partial charge in [-0.2, -0.15) is 12.6 Å². The summed E-state index contributed by atoms with van der Waals surface area (Å²) in [5.74, 6) is -1.20. The van der Waals surface area contributed by atoms with Crippen molar-refractivity contribution in [3.05, 3.63) is 83.4 Å². The highest BCUT2D eigenvalue weighted by atomic mass is 32.1. The molecular formula is C28H29NO7S. The van der Waals surface area contributed by atoms with Crippen molar-refractivity contribution < 1.29 is 34.3 Å². The lowest BCUT2D eigenvalue weighted by molar-refractivity contribution is -0.154. The molecule has 1 aliphatic heterocycles. The summed E-state index contributed by atoms with van der Waals surface area (Å²) >= 11 is 4.20. The van der Waals surface area contributed by atoms with Crippen LogP contribution in [0.5, 0.6) is 23.0 Å². The second kappa shape index (κ2) is 9.48. The normalized spacial score (nSPS) is 27.6. The first kappa shape index (κ1) is 25.3. The van der Waals surface area contributed by atoms with E-state index < -0.39 is 35.0 Å². The summed E-state index contributed by atoms with van der Waals surface area (Å²) in [5, 5.41) is 37.8. The fraction of sp³-hybridized carbons (Fsp3) is 0.321. The topological polar surface area (TPSA) is 117 Å². The number of ether oxygens (including phenoxy) is 3. The number of rotatable bonds is 7. The van der Waals surface area contributed by atoms with Crippen molar-refractivity contribution in [3.63, 3.8) is 0 Å². The van der Waals surface area contributed by atoms with E-state index in [9.17, 15) is 20.1 Å². The summed E-state index contributed by atoms with van der Waals surface area (Å²) < 4.78 is 17.5. The number of phenols is 1. The number of methoxy groups -OCH3 is 2. The van der Waals surface area contributed by atoms with Crippen LogP contribution in [0.4, 0.5) is 0 Å². The van der Waals surface area contributed by atoms with E-state index in [0.29, 0.717) is 22.6 Å². The van der Waals surface area contributed by atoms with Crippen LogP contribution < -0.4 is 19.5 Å². The van der Waals surface area contributed by atoms with Gasteiger partial charge in [0.25, 0.3) is 0 Å². The van der Waals surface area contributed by atoms with Gasteiger partial charge in [0, 0.05) is 30.3 Å². The summed E-state index contributed by atoms with van der Waals surface area (Å²) in [5.41, 5.74) is -2.41. The minimum atomic E-state index is -2.13. The van der Waals surface area contributed by atoms with E-state index in [1.807, 2.05) is 30.3 Å². The highest BCUT2D eigenvalue weighted by molar-refractivity contribution is 7.80. The molecule has 1 amide bonds. The molecule has 0 radical (unpaired) electrons. The summed E-state index contributed by atoms with van der Waals surface area (Å²) in [6, 6.07) is 18.9. The van der Waals surface area contributed by atoms with E-state index in [1.165, 1.54) is 19.2 Å². The number of fused-ring (bicyclic) bond motifs is 3. The van der Waals surface area contributed by atoms with Crippen molar-refractivity contribution in [1.82, 2.24) is 5.32 Å². The van der Waals surface area contributed by atoms with Crippen LogP contribution in [0, 0.1) is 5.92 Å². The molecule has 3 aromatic carbocycles. The second-order valence-corrected chi connectivity index (χ2v) is 9.67. The number of nitrogens with one attached hydrogen (secondary N) is 1. The Kier molecular flexibility index (Phi) is 6.47. The van der Waals surface area contributed by atoms with E-state index >= 15 is 0 Å². The van der Waals surface area contributed by atoms with Crippen LogP contribution in [-0.2, 0) is 16.0 Å². The van der Waals surface area contributed by atoms with Gasteiger partial charge in [-0.15, -0.1) is 0 Å². The molecule has 2 aliphatic rings. The summed E-state index contributed by atoms with van der Waals surface area (Å²) in [6.07, 6.45) is -1.60. The van der Waals surface area contributed by atoms with Gasteiger partial charge in [0.2, 0.25) is 5.91 Å². The van der Waals surface area contributed by atoms with E-state index in [1.54, 1.807) is 31.4 Å². The number of carbonyl (C=O) groups excluding carboxylic acids is 1. The standard InChI is InChI=1S/C28H29NO7S/c1-34-19-10-8-17(9-11-19)28-23(16-6-4-3-5-7-16)22(26(32)29-12-13-37)25(31)27(28,33)24-20(35-2)14-18(30)15-21(24)36-28/h3-11,14-15,22-23,25,30-31,33,37H,12-13H2,1-2H3,(H,29,32)/t22-,23-,25-,27+,28+/m1/s1. The molecule has 0 aromatic heterocycles. The lowest BCUT2D eigenvalue weighted by atomic mass is 9.70. The molecule has 1 aliphatic carbocycles. The van der Waals surface area contributed by atoms with Crippen molar-refractivity contribution in [1.29, 1.82) is 0 Å². The molecule has 5 atom stereocenters. The molecule has 194 valence electrons. The highest BCUT2D eigenvalue weighted by Crippen LogP contribution is 2.70. The zero-order valence-corrected chi connectivity index (χ0v) is 21.3. The average molecular weight is 524 g/mol. The molecule has 0 bridgehead atoms. The Morgan fingerprint density at radius 3 is 2.41 bits per heavy atom. The van der Waals surface area contributed by atoms with Crippen LogP contribution in [0.25, 0.3) is 0 Å². The molecule has 1 saturated carbocycles. The number of benzene rings is 3. The third-order valence-corrected chi connectivity index (χ3v) is 7.67. The van der Waals surface area contributed by atoms with Crippen LogP contribution in [0.15, 0.2) is 66.7 Å². The first-order chi connectivity index (χ1) is 17.8. The van der Waals surface area contributed by atoms with Crippen molar-refractivity contribution in [3.8, 4) is 23.0 Å². The summed E-state index contributed by atoms with van der Waals surface area (Å²) in [7, 11) is 2.95. The molecular weight excluding hydrogens is 494 g/mol. The maximum atomic E-state index is 13.6. The number of phenolic OH excluding ortho intramolecular Hbond substituents is 1. The van der Waals surface area contributed by atoms with Gasteiger partial charge in [0.1, 0.15) is 29.1 Å². The largest absolute Gasteiger partial charge is 0.508 e. The molecule has 4 N–H and O–H groups in total. The van der Waals surface area contributed by atoms with Crippen molar-refractivity contribution in [2.24, 2.45) is 5.92 Å². The Hall–Kier alpha value is -3.40. The molecule has 9 heteroatoms. The quantitative estimate of drug-likeness (QED) is 0.302. The number of amides is 1. The van der Waals surface area contributed by atoms with Gasteiger partial charge in [-0.3, -0.25) is 4.79 Å². The number of thiol groups is 1. The smallest absolute Gasteiger partial charge is 0.226 e. The summed E-state index contributed by atoms with van der Waals surface area (Å²) in [4.78, 5) is 13.6. The number of hydrogen-bond donors (Lipinski definition) is 5. The number of aliphatic hydroxyl groups is 2. The van der Waals surface area contributed by atoms with E-state index in [4.69, 9.17) is 14.2 Å². The SMILES string of the molecule is COc1ccc([C@@]23Oc4cc(O)cc(OC)c4[C@]2(O)[C@H](O)[C@H](C(=O)NCCS)[C@H]3c2ccccc2)cc1. The van der Waals surface area contributed by atoms with Crippen LogP contribution in [0.2, 0.25) is 0 Å². The van der Waals surface area contributed by atoms with Crippen molar-refractivity contribution in [2.45, 2.75) is 23.2 Å². The predicted molar refractivity (Wildman–Crippen MR) is 139 cm³/mol. The lowest BCUT2D eigenvalue weighted by Gasteiger charge is -2.40. The third kappa shape index (κ3) is 3.56. The molecule has 1 heterocycles. The minimum absolute atomic E-state index is 0.127. The van der Waals surface area contributed by atoms with E-state index in [2.05, 4.69) is 17.9 Å². The molecule has 5 rings (SSSR count). The number of carbonyl (C=O) groups is 1. The average Bonchev–Trinajstić information content (AvgIpc) is 3.29. The molecule has 37 heavy (non-hydrogen) atoms. The Morgan fingerprint density at radius 2 is 1.78 bits per heavy atom. The van der Waals surface area contributed by atoms with E-state index in [-0.39, 0.29) is 29.4 Å². The highest BCUT2D eigenvalue weighted by Gasteiger charge is 2.78. The Balaban J connectivity index is 1.84. The van der Waals surface area contributed by atoms with Gasteiger partial charge >= 0.3 is 0 Å². The predicted octanol–water partition coefficient (Wildman–Crippen LogP) is 2.71. The number of hydrogen-bond acceptors (Lipinski definition) is 8. The molecule has 8 nitrogen and oxygen atoms in total. The van der Waals surface area contributed by atoms with Crippen molar-refractivity contribution in [2.75, 3.05) is 26.5 Å². The molecule has 0 saturated heterocycles. The molecule has 3 aromatic rings. The zero-order chi connectivity index (χ0) is 26.4. The van der Waals surface area contributed by atoms with Gasteiger partial charge < -0.3 is 34.8 Å². The van der Waals surface area contributed by atoms with Gasteiger partial charge in [0.15, 0.2) is 11.2 Å². The van der Waals surface area contributed by atoms with Crippen LogP contribution in [0.3, 0.4) is 0 Å². The number of aromatic hydroxyl groups is 1. The molecule has 0 spiro atoms. The second-order valence-electron chi connectivity index (χ2n) is 9.23. The molecule has 0 unspecified atom stereocenters. The Bertz CT molecular complexity index is 1300. The first-order valence-electron chi connectivity index (χ1n) is 11.9. The van der Waals surface area contributed by atoms with Gasteiger partial charge in [-0.1, -0.05) is 42.5 Å². The summed E-state index contributed by atoms with van der Waals surface area (Å²) in [6.45, 7) is 0.287. The van der Waals surface area contributed by atoms with E-state index in [0.717, 1.165) is 0 Å². The monoisotopic (exact) mass is 523 g/mol. The third-order valence-electron chi connectivity index (χ3n) is 7.45. The zero-order valence-electron chi connectivity index (χ0n) is 20.4. The van der Waals surface area contributed by atoms with Crippen LogP contribution >= 0.6 is 12.6 Å². The van der Waals surface area contributed by atoms with Gasteiger partial charge in [0.05, 0.1) is 25.7 Å². The maximum Gasteiger partial charge on any atom is 0.226 e. The van der Waals surface area contributed by atoms with Gasteiger partial charge in [-0.05, 0) is 23.3 Å². The maximum absolute atomic E-state index is 13.6. The fourth-order valence-electron chi connectivity index (χ4n) is 5.98.